The highest BCUT2D eigenvalue weighted by Gasteiger charge is 2.13. The van der Waals surface area contributed by atoms with Crippen molar-refractivity contribution < 1.29 is 9.90 Å². The van der Waals surface area contributed by atoms with Crippen molar-refractivity contribution in [1.29, 1.82) is 0 Å². The van der Waals surface area contributed by atoms with Gasteiger partial charge in [-0.15, -0.1) is 11.3 Å². The predicted molar refractivity (Wildman–Crippen MR) is 100 cm³/mol. The minimum absolute atomic E-state index is 0.116. The molecule has 1 amide bonds. The minimum atomic E-state index is -0.634. The van der Waals surface area contributed by atoms with Crippen LogP contribution in [0.25, 0.3) is 0 Å². The Balaban J connectivity index is 1.63. The van der Waals surface area contributed by atoms with Crippen LogP contribution in [0.5, 0.6) is 0 Å². The molecular formula is C19H16BrNO2S. The van der Waals surface area contributed by atoms with Crippen molar-refractivity contribution in [1.82, 2.24) is 5.32 Å². The van der Waals surface area contributed by atoms with Crippen LogP contribution in [0.3, 0.4) is 0 Å². The lowest BCUT2D eigenvalue weighted by atomic mass is 10.1. The van der Waals surface area contributed by atoms with Gasteiger partial charge in [0.25, 0.3) is 5.91 Å². The molecule has 2 aromatic carbocycles. The molecule has 1 heterocycles. The molecule has 0 radical (unpaired) electrons. The van der Waals surface area contributed by atoms with E-state index in [0.717, 1.165) is 19.8 Å². The first-order chi connectivity index (χ1) is 11.6. The second-order valence-electron chi connectivity index (χ2n) is 5.31. The number of amides is 1. The van der Waals surface area contributed by atoms with E-state index in [0.29, 0.717) is 12.1 Å². The van der Waals surface area contributed by atoms with Gasteiger partial charge in [0, 0.05) is 19.8 Å². The van der Waals surface area contributed by atoms with Crippen LogP contribution in [0.15, 0.2) is 71.2 Å². The van der Waals surface area contributed by atoms with Crippen molar-refractivity contribution in [3.05, 3.63) is 92.1 Å². The maximum Gasteiger partial charge on any atom is 0.251 e. The molecule has 0 aliphatic heterocycles. The molecule has 2 N–H and O–H groups in total. The van der Waals surface area contributed by atoms with Crippen LogP contribution in [0.2, 0.25) is 0 Å². The monoisotopic (exact) mass is 401 g/mol. The van der Waals surface area contributed by atoms with Crippen LogP contribution < -0.4 is 5.32 Å². The van der Waals surface area contributed by atoms with Gasteiger partial charge >= 0.3 is 0 Å². The van der Waals surface area contributed by atoms with E-state index in [-0.39, 0.29) is 5.91 Å². The zero-order chi connectivity index (χ0) is 16.9. The van der Waals surface area contributed by atoms with E-state index in [4.69, 9.17) is 0 Å². The number of halogens is 1. The van der Waals surface area contributed by atoms with Crippen LogP contribution in [0.4, 0.5) is 0 Å². The summed E-state index contributed by atoms with van der Waals surface area (Å²) in [5, 5.41) is 13.3. The average Bonchev–Trinajstić information content (AvgIpc) is 3.09. The van der Waals surface area contributed by atoms with Crippen LogP contribution in [-0.2, 0) is 6.54 Å². The van der Waals surface area contributed by atoms with Gasteiger partial charge in [-0.3, -0.25) is 4.79 Å². The van der Waals surface area contributed by atoms with Gasteiger partial charge in [0.1, 0.15) is 6.10 Å². The standard InChI is InChI=1S/C19H16BrNO2S/c20-15-8-4-7-14(11-15)19(23)21-12-16-9-10-17(24-16)18(22)13-5-2-1-3-6-13/h1-11,18,22H,12H2,(H,21,23)/t18-/m0/s1. The summed E-state index contributed by atoms with van der Waals surface area (Å²) < 4.78 is 0.875. The maximum absolute atomic E-state index is 12.2. The molecule has 0 fully saturated rings. The van der Waals surface area contributed by atoms with Gasteiger partial charge in [-0.05, 0) is 35.9 Å². The zero-order valence-electron chi connectivity index (χ0n) is 12.8. The summed E-state index contributed by atoms with van der Waals surface area (Å²) in [4.78, 5) is 14.0. The van der Waals surface area contributed by atoms with E-state index in [1.165, 1.54) is 11.3 Å². The number of hydrogen-bond donors (Lipinski definition) is 2. The summed E-state index contributed by atoms with van der Waals surface area (Å²) in [6.45, 7) is 0.442. The summed E-state index contributed by atoms with van der Waals surface area (Å²) in [5.74, 6) is -0.116. The molecule has 0 aliphatic rings. The highest BCUT2D eigenvalue weighted by molar-refractivity contribution is 9.10. The molecule has 0 aliphatic carbocycles. The average molecular weight is 402 g/mol. The Morgan fingerprint density at radius 1 is 1.08 bits per heavy atom. The highest BCUT2D eigenvalue weighted by Crippen LogP contribution is 2.28. The summed E-state index contributed by atoms with van der Waals surface area (Å²) >= 11 is 4.86. The molecule has 0 saturated heterocycles. The largest absolute Gasteiger partial charge is 0.383 e. The molecule has 1 aromatic heterocycles. The van der Waals surface area contributed by atoms with Crippen LogP contribution in [0, 0.1) is 0 Å². The third-order valence-electron chi connectivity index (χ3n) is 3.58. The molecule has 1 atom stereocenters. The fourth-order valence-corrected chi connectivity index (χ4v) is 3.70. The highest BCUT2D eigenvalue weighted by atomic mass is 79.9. The SMILES string of the molecule is O=C(NCc1ccc([C@@H](O)c2ccccc2)s1)c1cccc(Br)c1. The number of aliphatic hydroxyl groups excluding tert-OH is 1. The molecule has 3 aromatic rings. The van der Waals surface area contributed by atoms with Gasteiger partial charge in [-0.25, -0.2) is 0 Å². The summed E-state index contributed by atoms with van der Waals surface area (Å²) in [7, 11) is 0. The molecule has 3 nitrogen and oxygen atoms in total. The molecule has 0 saturated carbocycles. The Hall–Kier alpha value is -1.95. The van der Waals surface area contributed by atoms with Crippen molar-refractivity contribution in [3.8, 4) is 0 Å². The van der Waals surface area contributed by atoms with Gasteiger partial charge in [-0.1, -0.05) is 52.3 Å². The first-order valence-corrected chi connectivity index (χ1v) is 9.10. The molecular weight excluding hydrogens is 386 g/mol. The number of benzene rings is 2. The number of aliphatic hydroxyl groups is 1. The van der Waals surface area contributed by atoms with E-state index in [1.807, 2.05) is 54.6 Å². The third kappa shape index (κ3) is 4.12. The number of rotatable bonds is 5. The molecule has 122 valence electrons. The maximum atomic E-state index is 12.2. The molecule has 0 bridgehead atoms. The van der Waals surface area contributed by atoms with Crippen molar-refractivity contribution in [3.63, 3.8) is 0 Å². The van der Waals surface area contributed by atoms with Crippen molar-refractivity contribution in [2.75, 3.05) is 0 Å². The second kappa shape index (κ2) is 7.75. The van der Waals surface area contributed by atoms with Crippen LogP contribution in [0.1, 0.15) is 31.8 Å². The lowest BCUT2D eigenvalue weighted by Crippen LogP contribution is -2.22. The van der Waals surface area contributed by atoms with Gasteiger partial charge in [0.05, 0.1) is 6.54 Å². The molecule has 5 heteroatoms. The van der Waals surface area contributed by atoms with E-state index in [9.17, 15) is 9.90 Å². The third-order valence-corrected chi connectivity index (χ3v) is 5.21. The fourth-order valence-electron chi connectivity index (χ4n) is 2.34. The Labute approximate surface area is 153 Å². The summed E-state index contributed by atoms with van der Waals surface area (Å²) in [5.41, 5.74) is 1.48. The number of carbonyl (C=O) groups is 1. The van der Waals surface area contributed by atoms with Gasteiger partial charge in [0.2, 0.25) is 0 Å². The van der Waals surface area contributed by atoms with E-state index in [1.54, 1.807) is 12.1 Å². The number of thiophene rings is 1. The zero-order valence-corrected chi connectivity index (χ0v) is 15.2. The number of nitrogens with one attached hydrogen (secondary N) is 1. The lowest BCUT2D eigenvalue weighted by Gasteiger charge is -2.08. The van der Waals surface area contributed by atoms with Gasteiger partial charge in [-0.2, -0.15) is 0 Å². The smallest absolute Gasteiger partial charge is 0.251 e. The lowest BCUT2D eigenvalue weighted by molar-refractivity contribution is 0.0951. The van der Waals surface area contributed by atoms with Crippen LogP contribution in [-0.4, -0.2) is 11.0 Å². The van der Waals surface area contributed by atoms with Crippen molar-refractivity contribution in [2.24, 2.45) is 0 Å². The Morgan fingerprint density at radius 3 is 2.62 bits per heavy atom. The van der Waals surface area contributed by atoms with Crippen LogP contribution >= 0.6 is 27.3 Å². The Bertz CT molecular complexity index is 832. The van der Waals surface area contributed by atoms with E-state index < -0.39 is 6.10 Å². The minimum Gasteiger partial charge on any atom is -0.383 e. The van der Waals surface area contributed by atoms with E-state index in [2.05, 4.69) is 21.2 Å². The fraction of sp³-hybridized carbons (Fsp3) is 0.105. The summed E-state index contributed by atoms with van der Waals surface area (Å²) in [6.07, 6.45) is -0.634. The number of hydrogen-bond acceptors (Lipinski definition) is 3. The Morgan fingerprint density at radius 2 is 1.88 bits per heavy atom. The quantitative estimate of drug-likeness (QED) is 0.659. The Kier molecular flexibility index (Phi) is 5.45. The summed E-state index contributed by atoms with van der Waals surface area (Å²) in [6, 6.07) is 20.7. The molecule has 0 unspecified atom stereocenters. The molecule has 0 spiro atoms. The predicted octanol–water partition coefficient (Wildman–Crippen LogP) is 4.52. The van der Waals surface area contributed by atoms with Gasteiger partial charge in [0.15, 0.2) is 0 Å². The normalized spacial score (nSPS) is 11.9. The topological polar surface area (TPSA) is 49.3 Å². The second-order valence-corrected chi connectivity index (χ2v) is 7.43. The molecule has 24 heavy (non-hydrogen) atoms. The molecule has 3 rings (SSSR count). The van der Waals surface area contributed by atoms with E-state index >= 15 is 0 Å². The van der Waals surface area contributed by atoms with Crippen molar-refractivity contribution >= 4 is 33.2 Å². The van der Waals surface area contributed by atoms with Crippen molar-refractivity contribution in [2.45, 2.75) is 12.6 Å². The first kappa shape index (κ1) is 16.9. The first-order valence-electron chi connectivity index (χ1n) is 7.49. The van der Waals surface area contributed by atoms with Gasteiger partial charge < -0.3 is 10.4 Å². The number of carbonyl (C=O) groups excluding carboxylic acids is 1.